The Morgan fingerprint density at radius 3 is 2.55 bits per heavy atom. The first-order chi connectivity index (χ1) is 10.5. The van der Waals surface area contributed by atoms with Crippen LogP contribution in [-0.4, -0.2) is 6.09 Å². The van der Waals surface area contributed by atoms with E-state index in [0.717, 1.165) is 11.6 Å². The molecule has 0 fully saturated rings. The summed E-state index contributed by atoms with van der Waals surface area (Å²) in [5.41, 5.74) is 7.03. The molecule has 2 N–H and O–H groups in total. The van der Waals surface area contributed by atoms with Crippen molar-refractivity contribution >= 4 is 6.09 Å². The van der Waals surface area contributed by atoms with Crippen molar-refractivity contribution in [2.24, 2.45) is 5.73 Å². The fraction of sp³-hybridized carbons (Fsp3) is 0.188. The highest BCUT2D eigenvalue weighted by molar-refractivity contribution is 5.68. The third-order valence-corrected chi connectivity index (χ3v) is 3.75. The van der Waals surface area contributed by atoms with Gasteiger partial charge < -0.3 is 10.5 Å². The molecule has 3 nitrogen and oxygen atoms in total. The van der Waals surface area contributed by atoms with Crippen LogP contribution in [0, 0.1) is 17.5 Å². The number of ether oxygens (including phenoxy) is 1. The number of fused-ring (bicyclic) bond motifs is 1. The number of amides is 1. The Morgan fingerprint density at radius 2 is 1.82 bits per heavy atom. The zero-order chi connectivity index (χ0) is 15.9. The smallest absolute Gasteiger partial charge is 0.405 e. The normalized spacial score (nSPS) is 16.4. The van der Waals surface area contributed by atoms with Gasteiger partial charge >= 0.3 is 6.09 Å². The second-order valence-corrected chi connectivity index (χ2v) is 5.12. The maximum atomic E-state index is 13.9. The van der Waals surface area contributed by atoms with E-state index < -0.39 is 29.6 Å². The number of carbonyl (C=O) groups is 1. The minimum Gasteiger partial charge on any atom is -0.441 e. The lowest BCUT2D eigenvalue weighted by molar-refractivity contribution is 0.107. The van der Waals surface area contributed by atoms with Gasteiger partial charge in [0.2, 0.25) is 0 Å². The maximum absolute atomic E-state index is 13.9. The predicted molar refractivity (Wildman–Crippen MR) is 73.5 cm³/mol. The molecule has 2 aromatic rings. The van der Waals surface area contributed by atoms with E-state index in [9.17, 15) is 18.0 Å². The van der Waals surface area contributed by atoms with Gasteiger partial charge in [0, 0.05) is 11.6 Å². The third kappa shape index (κ3) is 2.52. The fourth-order valence-electron chi connectivity index (χ4n) is 2.74. The molecule has 1 unspecified atom stereocenters. The molecule has 0 radical (unpaired) electrons. The van der Waals surface area contributed by atoms with E-state index in [0.29, 0.717) is 30.0 Å². The van der Waals surface area contributed by atoms with E-state index in [1.165, 1.54) is 0 Å². The number of hydrogen-bond donors (Lipinski definition) is 1. The molecule has 6 heteroatoms. The number of halogens is 3. The Balaban J connectivity index is 2.04. The van der Waals surface area contributed by atoms with Gasteiger partial charge in [-0.1, -0.05) is 12.1 Å². The Kier molecular flexibility index (Phi) is 3.52. The maximum Gasteiger partial charge on any atom is 0.405 e. The van der Waals surface area contributed by atoms with Gasteiger partial charge in [0.05, 0.1) is 0 Å². The van der Waals surface area contributed by atoms with Crippen LogP contribution in [0.2, 0.25) is 0 Å². The molecular weight excluding hydrogens is 295 g/mol. The van der Waals surface area contributed by atoms with Gasteiger partial charge in [-0.2, -0.15) is 0 Å². The standard InChI is InChI=1S/C16H12F3NO2/c17-12-7-14(19)13(18)6-10(12)9-2-1-8-3-4-15(11(8)5-9)22-16(20)21/h1-2,5-7,15H,3-4H2,(H2,20,21). The average Bonchev–Trinajstić information content (AvgIpc) is 2.84. The summed E-state index contributed by atoms with van der Waals surface area (Å²) in [5.74, 6) is -3.22. The molecular formula is C16H12F3NO2. The number of carbonyl (C=O) groups excluding carboxylic acids is 1. The van der Waals surface area contributed by atoms with E-state index in [1.54, 1.807) is 18.2 Å². The summed E-state index contributed by atoms with van der Waals surface area (Å²) < 4.78 is 45.2. The van der Waals surface area contributed by atoms with Gasteiger partial charge in [-0.3, -0.25) is 0 Å². The number of hydrogen-bond acceptors (Lipinski definition) is 2. The van der Waals surface area contributed by atoms with Crippen LogP contribution in [0.25, 0.3) is 11.1 Å². The zero-order valence-corrected chi connectivity index (χ0v) is 11.4. The Morgan fingerprint density at radius 1 is 1.09 bits per heavy atom. The van der Waals surface area contributed by atoms with E-state index in [-0.39, 0.29) is 5.56 Å². The van der Waals surface area contributed by atoms with Crippen molar-refractivity contribution in [3.63, 3.8) is 0 Å². The van der Waals surface area contributed by atoms with Crippen molar-refractivity contribution in [2.75, 3.05) is 0 Å². The first kappa shape index (κ1) is 14.4. The van der Waals surface area contributed by atoms with Gasteiger partial charge in [-0.15, -0.1) is 0 Å². The molecule has 2 aromatic carbocycles. The van der Waals surface area contributed by atoms with E-state index in [1.807, 2.05) is 0 Å². The third-order valence-electron chi connectivity index (χ3n) is 3.75. The molecule has 114 valence electrons. The van der Waals surface area contributed by atoms with Crippen LogP contribution in [0.4, 0.5) is 18.0 Å². The van der Waals surface area contributed by atoms with Crippen LogP contribution < -0.4 is 5.73 Å². The van der Waals surface area contributed by atoms with Crippen LogP contribution in [-0.2, 0) is 11.2 Å². The lowest BCUT2D eigenvalue weighted by atomic mass is 9.99. The SMILES string of the molecule is NC(=O)OC1CCc2ccc(-c3cc(F)c(F)cc3F)cc21. The average molecular weight is 307 g/mol. The summed E-state index contributed by atoms with van der Waals surface area (Å²) >= 11 is 0. The molecule has 0 spiro atoms. The molecule has 0 aliphatic heterocycles. The monoisotopic (exact) mass is 307 g/mol. The Bertz CT molecular complexity index is 761. The molecule has 0 bridgehead atoms. The van der Waals surface area contributed by atoms with Crippen LogP contribution >= 0.6 is 0 Å². The first-order valence-electron chi connectivity index (χ1n) is 6.69. The molecule has 1 atom stereocenters. The zero-order valence-electron chi connectivity index (χ0n) is 11.4. The van der Waals surface area contributed by atoms with Crippen LogP contribution in [0.15, 0.2) is 30.3 Å². The molecule has 0 saturated carbocycles. The molecule has 0 heterocycles. The minimum atomic E-state index is -1.24. The van der Waals surface area contributed by atoms with Crippen LogP contribution in [0.3, 0.4) is 0 Å². The number of nitrogens with two attached hydrogens (primary N) is 1. The van der Waals surface area contributed by atoms with Crippen molar-refractivity contribution in [3.05, 3.63) is 58.9 Å². The number of benzene rings is 2. The quantitative estimate of drug-likeness (QED) is 0.857. The molecule has 1 amide bonds. The van der Waals surface area contributed by atoms with Gasteiger partial charge in [0.1, 0.15) is 11.9 Å². The fourth-order valence-corrected chi connectivity index (χ4v) is 2.74. The summed E-state index contributed by atoms with van der Waals surface area (Å²) in [4.78, 5) is 10.9. The summed E-state index contributed by atoms with van der Waals surface area (Å²) in [5, 5.41) is 0. The first-order valence-corrected chi connectivity index (χ1v) is 6.69. The van der Waals surface area contributed by atoms with E-state index >= 15 is 0 Å². The highest BCUT2D eigenvalue weighted by Gasteiger charge is 2.26. The van der Waals surface area contributed by atoms with Gasteiger partial charge in [-0.05, 0) is 41.7 Å². The van der Waals surface area contributed by atoms with Gasteiger partial charge in [0.15, 0.2) is 11.6 Å². The van der Waals surface area contributed by atoms with Crippen LogP contribution in [0.5, 0.6) is 0 Å². The van der Waals surface area contributed by atoms with Gasteiger partial charge in [-0.25, -0.2) is 18.0 Å². The summed E-state index contributed by atoms with van der Waals surface area (Å²) in [6.45, 7) is 0. The summed E-state index contributed by atoms with van der Waals surface area (Å²) in [6.07, 6.45) is -0.0985. The van der Waals surface area contributed by atoms with Crippen molar-refractivity contribution in [3.8, 4) is 11.1 Å². The van der Waals surface area contributed by atoms with Crippen molar-refractivity contribution in [1.29, 1.82) is 0 Å². The summed E-state index contributed by atoms with van der Waals surface area (Å²) in [6, 6.07) is 6.32. The number of primary amides is 1. The molecule has 22 heavy (non-hydrogen) atoms. The van der Waals surface area contributed by atoms with Crippen molar-refractivity contribution < 1.29 is 22.7 Å². The molecule has 0 saturated heterocycles. The molecule has 1 aliphatic carbocycles. The Hall–Kier alpha value is -2.50. The topological polar surface area (TPSA) is 52.3 Å². The minimum absolute atomic E-state index is 0.0496. The highest BCUT2D eigenvalue weighted by atomic mass is 19.2. The van der Waals surface area contributed by atoms with E-state index in [2.05, 4.69) is 0 Å². The van der Waals surface area contributed by atoms with E-state index in [4.69, 9.17) is 10.5 Å². The molecule has 1 aliphatic rings. The largest absolute Gasteiger partial charge is 0.441 e. The number of rotatable bonds is 2. The lowest BCUT2D eigenvalue weighted by Crippen LogP contribution is -2.15. The van der Waals surface area contributed by atoms with Crippen LogP contribution in [0.1, 0.15) is 23.7 Å². The Labute approximate surface area is 124 Å². The molecule has 3 rings (SSSR count). The predicted octanol–water partition coefficient (Wildman–Crippen LogP) is 3.85. The second kappa shape index (κ2) is 5.36. The van der Waals surface area contributed by atoms with Crippen molar-refractivity contribution in [1.82, 2.24) is 0 Å². The number of aryl methyl sites for hydroxylation is 1. The second-order valence-electron chi connectivity index (χ2n) is 5.12. The summed E-state index contributed by atoms with van der Waals surface area (Å²) in [7, 11) is 0. The van der Waals surface area contributed by atoms with Crippen molar-refractivity contribution in [2.45, 2.75) is 18.9 Å². The highest BCUT2D eigenvalue weighted by Crippen LogP contribution is 2.37. The molecule has 0 aromatic heterocycles. The van der Waals surface area contributed by atoms with Gasteiger partial charge in [0.25, 0.3) is 0 Å². The lowest BCUT2D eigenvalue weighted by Gasteiger charge is -2.13.